The summed E-state index contributed by atoms with van der Waals surface area (Å²) < 4.78 is 6.57. The third kappa shape index (κ3) is 2.29. The predicted molar refractivity (Wildman–Crippen MR) is 73.6 cm³/mol. The molecule has 1 aromatic carbocycles. The molecule has 0 fully saturated rings. The number of hydrogen-bond acceptors (Lipinski definition) is 3. The molecule has 1 aliphatic rings. The van der Waals surface area contributed by atoms with E-state index in [4.69, 9.17) is 4.74 Å². The lowest BCUT2D eigenvalue weighted by Gasteiger charge is -2.03. The number of halogens is 1. The molecule has 3 rings (SSSR count). The van der Waals surface area contributed by atoms with Gasteiger partial charge in [0, 0.05) is 10.7 Å². The summed E-state index contributed by atoms with van der Waals surface area (Å²) >= 11 is 3.36. The van der Waals surface area contributed by atoms with Crippen LogP contribution in [0.15, 0.2) is 58.1 Å². The summed E-state index contributed by atoms with van der Waals surface area (Å²) in [6, 6.07) is 14.1. The summed E-state index contributed by atoms with van der Waals surface area (Å²) in [5.74, 6) is 0.622. The van der Waals surface area contributed by atoms with E-state index in [0.29, 0.717) is 12.5 Å². The number of rotatable bonds is 2. The van der Waals surface area contributed by atoms with Crippen LogP contribution >= 0.6 is 15.9 Å². The molecule has 18 heavy (non-hydrogen) atoms. The molecule has 0 saturated carbocycles. The first-order chi connectivity index (χ1) is 8.83. The Hall–Kier alpha value is -1.68. The van der Waals surface area contributed by atoms with Crippen LogP contribution in [0.2, 0.25) is 0 Å². The molecular formula is C14H11BrN2O. The van der Waals surface area contributed by atoms with Crippen LogP contribution in [0.3, 0.4) is 0 Å². The number of ether oxygens (including phenoxy) is 1. The van der Waals surface area contributed by atoms with Crippen molar-refractivity contribution in [3.8, 4) is 0 Å². The molecular weight excluding hydrogens is 292 g/mol. The van der Waals surface area contributed by atoms with E-state index in [0.717, 1.165) is 10.2 Å². The molecule has 2 heterocycles. The molecule has 0 saturated heterocycles. The number of benzene rings is 1. The van der Waals surface area contributed by atoms with Gasteiger partial charge in [-0.2, -0.15) is 0 Å². The lowest BCUT2D eigenvalue weighted by atomic mass is 10.1. The fraction of sp³-hybridized carbons (Fsp3) is 0.143. The van der Waals surface area contributed by atoms with Gasteiger partial charge in [0.15, 0.2) is 0 Å². The van der Waals surface area contributed by atoms with E-state index in [1.165, 1.54) is 5.56 Å². The minimum absolute atomic E-state index is 0.0756. The maximum atomic E-state index is 5.62. The zero-order chi connectivity index (χ0) is 12.4. The summed E-state index contributed by atoms with van der Waals surface area (Å²) in [6.45, 7) is 0.580. The second-order valence-electron chi connectivity index (χ2n) is 4.03. The van der Waals surface area contributed by atoms with E-state index >= 15 is 0 Å². The maximum Gasteiger partial charge on any atom is 0.236 e. The summed E-state index contributed by atoms with van der Waals surface area (Å²) in [5.41, 5.74) is 1.95. The quantitative estimate of drug-likeness (QED) is 0.852. The van der Waals surface area contributed by atoms with Crippen LogP contribution in [-0.4, -0.2) is 17.5 Å². The van der Waals surface area contributed by atoms with E-state index in [2.05, 4.69) is 38.0 Å². The number of hydrogen-bond donors (Lipinski definition) is 0. The third-order valence-electron chi connectivity index (χ3n) is 2.78. The molecule has 1 aromatic heterocycles. The van der Waals surface area contributed by atoms with Crippen LogP contribution in [0.4, 0.5) is 0 Å². The average molecular weight is 303 g/mol. The van der Waals surface area contributed by atoms with Crippen LogP contribution < -0.4 is 0 Å². The number of pyridine rings is 1. The molecule has 0 radical (unpaired) electrons. The largest absolute Gasteiger partial charge is 0.474 e. The molecule has 1 atom stereocenters. The highest BCUT2D eigenvalue weighted by Crippen LogP contribution is 2.24. The van der Waals surface area contributed by atoms with Crippen molar-refractivity contribution in [2.75, 3.05) is 6.61 Å². The molecule has 90 valence electrons. The van der Waals surface area contributed by atoms with Crippen molar-refractivity contribution in [3.63, 3.8) is 0 Å². The Labute approximate surface area is 114 Å². The van der Waals surface area contributed by atoms with Crippen LogP contribution in [0.25, 0.3) is 0 Å². The molecule has 3 nitrogen and oxygen atoms in total. The summed E-state index contributed by atoms with van der Waals surface area (Å²) in [6.07, 6.45) is 1.75. The first-order valence-electron chi connectivity index (χ1n) is 5.70. The van der Waals surface area contributed by atoms with Crippen molar-refractivity contribution in [1.82, 2.24) is 4.98 Å². The number of aliphatic imine (C=N–C) groups is 1. The van der Waals surface area contributed by atoms with Crippen molar-refractivity contribution < 1.29 is 4.74 Å². The standard InChI is InChI=1S/C14H11BrN2O/c15-11-6-7-12(16-8-11)14-17-13(9-18-14)10-4-2-1-3-5-10/h1-8,13H,9H2/t13-/m0/s1. The Morgan fingerprint density at radius 1 is 1.11 bits per heavy atom. The molecule has 0 bridgehead atoms. The Bertz CT molecular complexity index is 566. The van der Waals surface area contributed by atoms with Gasteiger partial charge in [-0.3, -0.25) is 4.98 Å². The van der Waals surface area contributed by atoms with Crippen LogP contribution in [0.5, 0.6) is 0 Å². The summed E-state index contributed by atoms with van der Waals surface area (Å²) in [4.78, 5) is 8.86. The molecule has 2 aromatic rings. The van der Waals surface area contributed by atoms with Gasteiger partial charge in [0.1, 0.15) is 18.3 Å². The minimum atomic E-state index is 0.0756. The highest BCUT2D eigenvalue weighted by atomic mass is 79.9. The van der Waals surface area contributed by atoms with E-state index in [-0.39, 0.29) is 6.04 Å². The fourth-order valence-corrected chi connectivity index (χ4v) is 2.10. The second-order valence-corrected chi connectivity index (χ2v) is 4.95. The van der Waals surface area contributed by atoms with Crippen molar-refractivity contribution in [1.29, 1.82) is 0 Å². The van der Waals surface area contributed by atoms with Gasteiger partial charge in [-0.25, -0.2) is 4.99 Å². The minimum Gasteiger partial charge on any atom is -0.474 e. The van der Waals surface area contributed by atoms with Crippen LogP contribution in [0, 0.1) is 0 Å². The fourth-order valence-electron chi connectivity index (χ4n) is 1.86. The van der Waals surface area contributed by atoms with E-state index in [1.807, 2.05) is 30.3 Å². The number of nitrogens with zero attached hydrogens (tertiary/aromatic N) is 2. The molecule has 0 unspecified atom stereocenters. The maximum absolute atomic E-state index is 5.62. The lowest BCUT2D eigenvalue weighted by Crippen LogP contribution is -2.03. The highest BCUT2D eigenvalue weighted by molar-refractivity contribution is 9.10. The van der Waals surface area contributed by atoms with Gasteiger partial charge in [-0.1, -0.05) is 30.3 Å². The Morgan fingerprint density at radius 2 is 1.94 bits per heavy atom. The molecule has 0 N–H and O–H groups in total. The monoisotopic (exact) mass is 302 g/mol. The molecule has 1 aliphatic heterocycles. The number of aromatic nitrogens is 1. The van der Waals surface area contributed by atoms with Gasteiger partial charge in [-0.15, -0.1) is 0 Å². The first-order valence-corrected chi connectivity index (χ1v) is 6.50. The van der Waals surface area contributed by atoms with Crippen molar-refractivity contribution in [3.05, 3.63) is 64.4 Å². The van der Waals surface area contributed by atoms with Crippen molar-refractivity contribution in [2.45, 2.75) is 6.04 Å². The van der Waals surface area contributed by atoms with Gasteiger partial charge >= 0.3 is 0 Å². The van der Waals surface area contributed by atoms with Crippen LogP contribution in [0.1, 0.15) is 17.3 Å². The van der Waals surface area contributed by atoms with Gasteiger partial charge in [0.05, 0.1) is 0 Å². The first kappa shape index (κ1) is 11.4. The second kappa shape index (κ2) is 4.90. The van der Waals surface area contributed by atoms with Crippen molar-refractivity contribution in [2.24, 2.45) is 4.99 Å². The topological polar surface area (TPSA) is 34.5 Å². The Morgan fingerprint density at radius 3 is 2.67 bits per heavy atom. The lowest BCUT2D eigenvalue weighted by molar-refractivity contribution is 0.319. The van der Waals surface area contributed by atoms with Crippen LogP contribution in [-0.2, 0) is 4.74 Å². The van der Waals surface area contributed by atoms with E-state index in [9.17, 15) is 0 Å². The van der Waals surface area contributed by atoms with Gasteiger partial charge in [0.25, 0.3) is 0 Å². The SMILES string of the molecule is Brc1ccc(C2=N[C@H](c3ccccc3)CO2)nc1. The molecule has 0 aliphatic carbocycles. The average Bonchev–Trinajstić information content (AvgIpc) is 2.90. The zero-order valence-electron chi connectivity index (χ0n) is 9.58. The Balaban J connectivity index is 1.86. The van der Waals surface area contributed by atoms with E-state index < -0.39 is 0 Å². The molecule has 0 spiro atoms. The summed E-state index contributed by atoms with van der Waals surface area (Å²) in [5, 5.41) is 0. The summed E-state index contributed by atoms with van der Waals surface area (Å²) in [7, 11) is 0. The van der Waals surface area contributed by atoms with Gasteiger partial charge < -0.3 is 4.74 Å². The van der Waals surface area contributed by atoms with Gasteiger partial charge in [-0.05, 0) is 33.6 Å². The van der Waals surface area contributed by atoms with Gasteiger partial charge in [0.2, 0.25) is 5.90 Å². The highest BCUT2D eigenvalue weighted by Gasteiger charge is 2.21. The smallest absolute Gasteiger partial charge is 0.236 e. The third-order valence-corrected chi connectivity index (χ3v) is 3.25. The molecule has 4 heteroatoms. The predicted octanol–water partition coefficient (Wildman–Crippen LogP) is 3.36. The van der Waals surface area contributed by atoms with Crippen molar-refractivity contribution >= 4 is 21.8 Å². The Kier molecular flexibility index (Phi) is 3.11. The zero-order valence-corrected chi connectivity index (χ0v) is 11.2. The van der Waals surface area contributed by atoms with E-state index in [1.54, 1.807) is 6.20 Å². The normalized spacial score (nSPS) is 18.3. The molecule has 0 amide bonds.